The van der Waals surface area contributed by atoms with Crippen LogP contribution in [0, 0.1) is 5.92 Å². The number of ether oxygens (including phenoxy) is 1. The first-order chi connectivity index (χ1) is 8.04. The topological polar surface area (TPSA) is 46.5 Å². The van der Waals surface area contributed by atoms with Crippen molar-refractivity contribution in [2.24, 2.45) is 5.92 Å². The zero-order valence-corrected chi connectivity index (χ0v) is 13.0. The minimum atomic E-state index is -0.776. The van der Waals surface area contributed by atoms with E-state index in [9.17, 15) is 4.79 Å². The summed E-state index contributed by atoms with van der Waals surface area (Å²) in [7, 11) is 1.62. The van der Waals surface area contributed by atoms with Gasteiger partial charge in [-0.2, -0.15) is 0 Å². The monoisotopic (exact) mass is 282 g/mol. The first-order valence-corrected chi connectivity index (χ1v) is 6.76. The number of allylic oxidation sites excluding steroid dienone is 1. The molecule has 1 aromatic carbocycles. The molecular formula is C13H14O3Zn. The van der Waals surface area contributed by atoms with E-state index in [1.807, 2.05) is 36.4 Å². The van der Waals surface area contributed by atoms with E-state index >= 15 is 0 Å². The van der Waals surface area contributed by atoms with E-state index in [0.29, 0.717) is 0 Å². The van der Waals surface area contributed by atoms with Gasteiger partial charge in [-0.1, -0.05) is 0 Å². The van der Waals surface area contributed by atoms with Crippen LogP contribution < -0.4 is 4.74 Å². The molecule has 4 heteroatoms. The van der Waals surface area contributed by atoms with Crippen LogP contribution in [0.15, 0.2) is 30.3 Å². The van der Waals surface area contributed by atoms with Crippen LogP contribution in [0.5, 0.6) is 5.75 Å². The Labute approximate surface area is 110 Å². The molecule has 0 aliphatic rings. The summed E-state index contributed by atoms with van der Waals surface area (Å²) in [5.74, 6) is -0.384. The van der Waals surface area contributed by atoms with Gasteiger partial charge in [0.25, 0.3) is 0 Å². The third kappa shape index (κ3) is 4.24. The summed E-state index contributed by atoms with van der Waals surface area (Å²) in [6.45, 7) is 1.71. The molecule has 3 nitrogen and oxygen atoms in total. The second-order valence-electron chi connectivity index (χ2n) is 3.74. The van der Waals surface area contributed by atoms with E-state index < -0.39 is 11.9 Å². The SMILES string of the molecule is COc1cccc(/C=C\[C](=[Zn])C(C)C(=O)O)c1. The van der Waals surface area contributed by atoms with Gasteiger partial charge in [-0.3, -0.25) is 0 Å². The van der Waals surface area contributed by atoms with Crippen molar-refractivity contribution >= 4 is 16.2 Å². The number of benzene rings is 1. The number of aliphatic carboxylic acids is 1. The van der Waals surface area contributed by atoms with Crippen molar-refractivity contribution in [2.75, 3.05) is 7.11 Å². The molecule has 0 saturated heterocycles. The van der Waals surface area contributed by atoms with E-state index in [4.69, 9.17) is 9.84 Å². The molecule has 0 aliphatic heterocycles. The molecule has 1 aromatic rings. The van der Waals surface area contributed by atoms with Crippen molar-refractivity contribution in [1.82, 2.24) is 0 Å². The molecule has 0 aliphatic carbocycles. The molecule has 86 valence electrons. The van der Waals surface area contributed by atoms with E-state index in [1.165, 1.54) is 0 Å². The van der Waals surface area contributed by atoms with Crippen LogP contribution in [-0.2, 0) is 22.6 Å². The Bertz CT molecular complexity index is 452. The van der Waals surface area contributed by atoms with Crippen LogP contribution in [0.3, 0.4) is 0 Å². The van der Waals surface area contributed by atoms with Gasteiger partial charge in [-0.15, -0.1) is 0 Å². The fourth-order valence-electron chi connectivity index (χ4n) is 1.25. The Hall–Kier alpha value is -1.28. The molecule has 0 spiro atoms. The van der Waals surface area contributed by atoms with Gasteiger partial charge in [0.05, 0.1) is 0 Å². The fourth-order valence-corrected chi connectivity index (χ4v) is 1.87. The molecule has 1 unspecified atom stereocenters. The average molecular weight is 284 g/mol. The van der Waals surface area contributed by atoms with Crippen molar-refractivity contribution in [1.29, 1.82) is 0 Å². The molecule has 1 atom stereocenters. The first kappa shape index (κ1) is 13.8. The van der Waals surface area contributed by atoms with Crippen molar-refractivity contribution in [2.45, 2.75) is 6.92 Å². The molecule has 0 saturated carbocycles. The molecular weight excluding hydrogens is 270 g/mol. The van der Waals surface area contributed by atoms with Crippen molar-refractivity contribution < 1.29 is 32.5 Å². The number of methoxy groups -OCH3 is 1. The summed E-state index contributed by atoms with van der Waals surface area (Å²) >= 11 is 0.855. The summed E-state index contributed by atoms with van der Waals surface area (Å²) in [5.41, 5.74) is 1.01. The molecule has 0 radical (unpaired) electrons. The molecule has 1 N–H and O–H groups in total. The van der Waals surface area contributed by atoms with Gasteiger partial charge in [0, 0.05) is 0 Å². The number of carbonyl (C=O) groups is 1. The van der Waals surface area contributed by atoms with Gasteiger partial charge in [-0.25, -0.2) is 0 Å². The zero-order valence-electron chi connectivity index (χ0n) is 10.0. The third-order valence-electron chi connectivity index (χ3n) is 2.51. The molecule has 0 aromatic heterocycles. The van der Waals surface area contributed by atoms with Crippen LogP contribution in [0.4, 0.5) is 0 Å². The maximum absolute atomic E-state index is 10.8. The van der Waals surface area contributed by atoms with Crippen molar-refractivity contribution in [3.63, 3.8) is 0 Å². The van der Waals surface area contributed by atoms with E-state index in [2.05, 4.69) is 0 Å². The van der Waals surface area contributed by atoms with Gasteiger partial charge in [0.15, 0.2) is 0 Å². The maximum atomic E-state index is 10.8. The summed E-state index contributed by atoms with van der Waals surface area (Å²) < 4.78 is 6.07. The van der Waals surface area contributed by atoms with Gasteiger partial charge in [0.1, 0.15) is 0 Å². The molecule has 0 bridgehead atoms. The second-order valence-corrected chi connectivity index (χ2v) is 5.46. The van der Waals surface area contributed by atoms with Crippen LogP contribution in [0.1, 0.15) is 12.5 Å². The molecule has 1 rings (SSSR count). The van der Waals surface area contributed by atoms with Crippen molar-refractivity contribution in [3.8, 4) is 5.75 Å². The molecule has 0 heterocycles. The van der Waals surface area contributed by atoms with Gasteiger partial charge < -0.3 is 0 Å². The van der Waals surface area contributed by atoms with Crippen LogP contribution in [-0.4, -0.2) is 22.3 Å². The number of hydrogen-bond donors (Lipinski definition) is 1. The second kappa shape index (κ2) is 6.46. The Balaban J connectivity index is 2.76. The van der Waals surface area contributed by atoms with E-state index in [0.717, 1.165) is 33.3 Å². The minimum absolute atomic E-state index is 0.406. The van der Waals surface area contributed by atoms with Crippen molar-refractivity contribution in [3.05, 3.63) is 35.9 Å². The van der Waals surface area contributed by atoms with Crippen LogP contribution >= 0.6 is 0 Å². The number of rotatable bonds is 5. The quantitative estimate of drug-likeness (QED) is 0.842. The first-order valence-electron chi connectivity index (χ1n) is 5.28. The number of carboxylic acids is 1. The third-order valence-corrected chi connectivity index (χ3v) is 4.29. The Morgan fingerprint density at radius 1 is 1.53 bits per heavy atom. The standard InChI is InChI=1S/C13H14O3.Zn/c1-10(13(14)15)5-3-6-11-7-4-8-12(9-11)16-2;/h3-4,6-10H,1-2H3,(H,14,15);/b6-3-;. The Kier molecular flexibility index (Phi) is 5.24. The zero-order chi connectivity index (χ0) is 12.8. The summed E-state index contributed by atoms with van der Waals surface area (Å²) in [5, 5.41) is 8.88. The fraction of sp³-hybridized carbons (Fsp3) is 0.231. The summed E-state index contributed by atoms with van der Waals surface area (Å²) in [6.07, 6.45) is 3.80. The molecule has 17 heavy (non-hydrogen) atoms. The molecule has 0 fully saturated rings. The van der Waals surface area contributed by atoms with Gasteiger partial charge in [0.2, 0.25) is 0 Å². The Morgan fingerprint density at radius 3 is 2.82 bits per heavy atom. The predicted molar refractivity (Wildman–Crippen MR) is 63.8 cm³/mol. The number of carboxylic acid groups (broad SMARTS) is 1. The molecule has 0 amide bonds. The van der Waals surface area contributed by atoms with Crippen LogP contribution in [0.25, 0.3) is 6.08 Å². The number of hydrogen-bond acceptors (Lipinski definition) is 2. The Morgan fingerprint density at radius 2 is 2.24 bits per heavy atom. The van der Waals surface area contributed by atoms with Gasteiger partial charge in [-0.05, 0) is 0 Å². The summed E-state index contributed by atoms with van der Waals surface area (Å²) in [6, 6.07) is 7.65. The van der Waals surface area contributed by atoms with Crippen LogP contribution in [0.2, 0.25) is 0 Å². The normalized spacial score (nSPS) is 12.5. The van der Waals surface area contributed by atoms with E-state index in [-0.39, 0.29) is 0 Å². The average Bonchev–Trinajstić information content (AvgIpc) is 2.35. The predicted octanol–water partition coefficient (Wildman–Crippen LogP) is 2.15. The van der Waals surface area contributed by atoms with E-state index in [1.54, 1.807) is 14.0 Å². The van der Waals surface area contributed by atoms with Gasteiger partial charge >= 0.3 is 110 Å². The summed E-state index contributed by atoms with van der Waals surface area (Å²) in [4.78, 5) is 10.8.